The van der Waals surface area contributed by atoms with E-state index >= 15 is 0 Å². The van der Waals surface area contributed by atoms with E-state index in [1.165, 1.54) is 0 Å². The Bertz CT molecular complexity index is 482. The molecule has 19 heavy (non-hydrogen) atoms. The second-order valence-electron chi connectivity index (χ2n) is 5.40. The summed E-state index contributed by atoms with van der Waals surface area (Å²) in [6, 6.07) is 5.75. The number of carbonyl (C=O) groups is 1. The molecule has 2 rings (SSSR count). The van der Waals surface area contributed by atoms with Crippen molar-refractivity contribution in [3.05, 3.63) is 29.3 Å². The van der Waals surface area contributed by atoms with E-state index in [-0.39, 0.29) is 12.5 Å². The van der Waals surface area contributed by atoms with Gasteiger partial charge in [0.15, 0.2) is 0 Å². The van der Waals surface area contributed by atoms with E-state index in [2.05, 4.69) is 0 Å². The first-order valence-electron chi connectivity index (χ1n) is 6.69. The Morgan fingerprint density at radius 3 is 2.79 bits per heavy atom. The Morgan fingerprint density at radius 2 is 2.11 bits per heavy atom. The predicted molar refractivity (Wildman–Crippen MR) is 74.1 cm³/mol. The number of amides is 1. The highest BCUT2D eigenvalue weighted by Crippen LogP contribution is 2.33. The first kappa shape index (κ1) is 14.0. The first-order valence-corrected chi connectivity index (χ1v) is 6.69. The highest BCUT2D eigenvalue weighted by atomic mass is 16.3. The second kappa shape index (κ2) is 5.31. The van der Waals surface area contributed by atoms with Gasteiger partial charge in [-0.2, -0.15) is 0 Å². The summed E-state index contributed by atoms with van der Waals surface area (Å²) in [5.41, 5.74) is 1.95. The van der Waals surface area contributed by atoms with Crippen LogP contribution in [0.5, 0.6) is 0 Å². The molecule has 1 aromatic carbocycles. The van der Waals surface area contributed by atoms with Crippen molar-refractivity contribution < 1.29 is 15.0 Å². The Morgan fingerprint density at radius 1 is 1.37 bits per heavy atom. The van der Waals surface area contributed by atoms with Gasteiger partial charge in [-0.05, 0) is 43.4 Å². The molecular weight excluding hydrogens is 242 g/mol. The number of hydrogen-bond acceptors (Lipinski definition) is 3. The average molecular weight is 263 g/mol. The fourth-order valence-corrected chi connectivity index (χ4v) is 2.56. The summed E-state index contributed by atoms with van der Waals surface area (Å²) in [5.74, 6) is 0.132. The Labute approximate surface area is 113 Å². The first-order chi connectivity index (χ1) is 8.95. The van der Waals surface area contributed by atoms with Crippen LogP contribution in [0.1, 0.15) is 37.3 Å². The van der Waals surface area contributed by atoms with E-state index < -0.39 is 5.60 Å². The van der Waals surface area contributed by atoms with Gasteiger partial charge in [0, 0.05) is 25.8 Å². The van der Waals surface area contributed by atoms with Gasteiger partial charge in [0.05, 0.1) is 5.60 Å². The molecule has 0 fully saturated rings. The molecule has 0 saturated heterocycles. The maximum absolute atomic E-state index is 11.6. The molecule has 1 amide bonds. The highest BCUT2D eigenvalue weighted by Gasteiger charge is 2.26. The summed E-state index contributed by atoms with van der Waals surface area (Å²) >= 11 is 0. The minimum absolute atomic E-state index is 0.0817. The quantitative estimate of drug-likeness (QED) is 0.867. The number of carbonyl (C=O) groups excluding carboxylic acids is 1. The normalized spacial score (nSPS) is 18.1. The monoisotopic (exact) mass is 263 g/mol. The van der Waals surface area contributed by atoms with E-state index in [0.29, 0.717) is 19.3 Å². The van der Waals surface area contributed by atoms with E-state index in [9.17, 15) is 9.90 Å². The summed E-state index contributed by atoms with van der Waals surface area (Å²) in [4.78, 5) is 13.3. The van der Waals surface area contributed by atoms with Crippen molar-refractivity contribution in [3.63, 3.8) is 0 Å². The van der Waals surface area contributed by atoms with Crippen molar-refractivity contribution in [1.29, 1.82) is 0 Å². The van der Waals surface area contributed by atoms with Crippen LogP contribution in [0.15, 0.2) is 18.2 Å². The molecule has 1 unspecified atom stereocenters. The maximum atomic E-state index is 11.6. The highest BCUT2D eigenvalue weighted by molar-refractivity contribution is 5.95. The number of benzene rings is 1. The van der Waals surface area contributed by atoms with Crippen molar-refractivity contribution in [1.82, 2.24) is 0 Å². The van der Waals surface area contributed by atoms with Crippen molar-refractivity contribution in [3.8, 4) is 0 Å². The summed E-state index contributed by atoms with van der Waals surface area (Å²) in [6.07, 6.45) is 2.34. The van der Waals surface area contributed by atoms with Crippen LogP contribution < -0.4 is 4.90 Å². The molecule has 4 nitrogen and oxygen atoms in total. The van der Waals surface area contributed by atoms with E-state index in [4.69, 9.17) is 5.11 Å². The molecule has 0 saturated carbocycles. The standard InChI is InChI=1S/C15H21NO3/c1-15(19,8-3-9-17)12-5-6-13-11(10-12)4-7-14(18)16(13)2/h5-6,10,17,19H,3-4,7-9H2,1-2H3. The van der Waals surface area contributed by atoms with Crippen LogP contribution in [0, 0.1) is 0 Å². The Kier molecular flexibility index (Phi) is 3.92. The van der Waals surface area contributed by atoms with Gasteiger partial charge in [-0.1, -0.05) is 12.1 Å². The molecule has 1 aromatic rings. The lowest BCUT2D eigenvalue weighted by Gasteiger charge is -2.29. The smallest absolute Gasteiger partial charge is 0.227 e. The van der Waals surface area contributed by atoms with E-state index in [1.807, 2.05) is 18.2 Å². The molecular formula is C15H21NO3. The minimum atomic E-state index is -0.933. The molecule has 1 heterocycles. The zero-order valence-corrected chi connectivity index (χ0v) is 11.5. The zero-order valence-electron chi connectivity index (χ0n) is 11.5. The predicted octanol–water partition coefficient (Wildman–Crippen LogP) is 1.58. The number of fused-ring (bicyclic) bond motifs is 1. The van der Waals surface area contributed by atoms with Gasteiger partial charge in [-0.25, -0.2) is 0 Å². The number of aryl methyl sites for hydroxylation is 1. The third-order valence-electron chi connectivity index (χ3n) is 3.87. The van der Waals surface area contributed by atoms with Crippen LogP contribution in [0.2, 0.25) is 0 Å². The van der Waals surface area contributed by atoms with Crippen LogP contribution in [0.4, 0.5) is 5.69 Å². The summed E-state index contributed by atoms with van der Waals surface area (Å²) < 4.78 is 0. The number of nitrogens with zero attached hydrogens (tertiary/aromatic N) is 1. The van der Waals surface area contributed by atoms with Crippen LogP contribution in [-0.2, 0) is 16.8 Å². The minimum Gasteiger partial charge on any atom is -0.396 e. The van der Waals surface area contributed by atoms with Crippen LogP contribution >= 0.6 is 0 Å². The van der Waals surface area contributed by atoms with Crippen molar-refractivity contribution >= 4 is 11.6 Å². The van der Waals surface area contributed by atoms with Gasteiger partial charge < -0.3 is 15.1 Å². The topological polar surface area (TPSA) is 60.8 Å². The van der Waals surface area contributed by atoms with Gasteiger partial charge in [-0.3, -0.25) is 4.79 Å². The molecule has 0 aromatic heterocycles. The third-order valence-corrected chi connectivity index (χ3v) is 3.87. The molecule has 1 aliphatic rings. The van der Waals surface area contributed by atoms with Gasteiger partial charge >= 0.3 is 0 Å². The van der Waals surface area contributed by atoms with Crippen molar-refractivity contribution in [2.75, 3.05) is 18.6 Å². The lowest BCUT2D eigenvalue weighted by Crippen LogP contribution is -2.31. The Hall–Kier alpha value is -1.39. The van der Waals surface area contributed by atoms with E-state index in [1.54, 1.807) is 18.9 Å². The number of hydrogen-bond donors (Lipinski definition) is 2. The van der Waals surface area contributed by atoms with Crippen LogP contribution in [0.25, 0.3) is 0 Å². The number of aliphatic hydroxyl groups is 2. The molecule has 2 N–H and O–H groups in total. The molecule has 0 radical (unpaired) electrons. The molecule has 0 aliphatic carbocycles. The molecule has 0 spiro atoms. The fraction of sp³-hybridized carbons (Fsp3) is 0.533. The average Bonchev–Trinajstić information content (AvgIpc) is 2.40. The summed E-state index contributed by atoms with van der Waals surface area (Å²) in [5, 5.41) is 19.3. The molecule has 104 valence electrons. The van der Waals surface area contributed by atoms with Crippen molar-refractivity contribution in [2.45, 2.75) is 38.2 Å². The van der Waals surface area contributed by atoms with Gasteiger partial charge in [-0.15, -0.1) is 0 Å². The van der Waals surface area contributed by atoms with Gasteiger partial charge in [0.25, 0.3) is 0 Å². The molecule has 1 atom stereocenters. The summed E-state index contributed by atoms with van der Waals surface area (Å²) in [6.45, 7) is 1.85. The second-order valence-corrected chi connectivity index (χ2v) is 5.40. The van der Waals surface area contributed by atoms with Gasteiger partial charge in [0.2, 0.25) is 5.91 Å². The number of aliphatic hydroxyl groups excluding tert-OH is 1. The summed E-state index contributed by atoms with van der Waals surface area (Å²) in [7, 11) is 1.78. The lowest BCUT2D eigenvalue weighted by atomic mass is 9.88. The SMILES string of the molecule is CN1C(=O)CCc2cc(C(C)(O)CCCO)ccc21. The lowest BCUT2D eigenvalue weighted by molar-refractivity contribution is -0.118. The molecule has 1 aliphatic heterocycles. The van der Waals surface area contributed by atoms with E-state index in [0.717, 1.165) is 23.2 Å². The van der Waals surface area contributed by atoms with Crippen LogP contribution in [0.3, 0.4) is 0 Å². The zero-order chi connectivity index (χ0) is 14.0. The third kappa shape index (κ3) is 2.80. The number of anilines is 1. The fourth-order valence-electron chi connectivity index (χ4n) is 2.56. The van der Waals surface area contributed by atoms with Crippen LogP contribution in [-0.4, -0.2) is 29.8 Å². The molecule has 0 bridgehead atoms. The largest absolute Gasteiger partial charge is 0.396 e. The Balaban J connectivity index is 2.29. The molecule has 4 heteroatoms. The maximum Gasteiger partial charge on any atom is 0.227 e. The van der Waals surface area contributed by atoms with Crippen molar-refractivity contribution in [2.24, 2.45) is 0 Å². The number of rotatable bonds is 4. The van der Waals surface area contributed by atoms with Gasteiger partial charge in [0.1, 0.15) is 0 Å².